The van der Waals surface area contributed by atoms with Gasteiger partial charge in [-0.2, -0.15) is 0 Å². The zero-order valence-corrected chi connectivity index (χ0v) is 17.6. The molecule has 1 aliphatic carbocycles. The summed E-state index contributed by atoms with van der Waals surface area (Å²) in [5.74, 6) is -1.72. The minimum Gasteiger partial charge on any atom is -0.327 e. The predicted octanol–water partition coefficient (Wildman–Crippen LogP) is 2.11. The van der Waals surface area contributed by atoms with E-state index in [1.165, 1.54) is 29.2 Å². The number of halogens is 1. The maximum absolute atomic E-state index is 13.0. The van der Waals surface area contributed by atoms with Gasteiger partial charge in [-0.25, -0.2) is 9.18 Å². The fourth-order valence-electron chi connectivity index (χ4n) is 3.59. The van der Waals surface area contributed by atoms with Gasteiger partial charge in [0.1, 0.15) is 24.4 Å². The van der Waals surface area contributed by atoms with Crippen molar-refractivity contribution >= 4 is 29.4 Å². The Morgan fingerprint density at radius 2 is 1.83 bits per heavy atom. The highest BCUT2D eigenvalue weighted by Gasteiger charge is 2.56. The summed E-state index contributed by atoms with van der Waals surface area (Å²) in [6, 6.07) is 4.69. The number of rotatable bonds is 6. The summed E-state index contributed by atoms with van der Waals surface area (Å²) in [5.41, 5.74) is -1.29. The fraction of sp³-hybridized carbons (Fsp3) is 0.524. The van der Waals surface area contributed by atoms with Gasteiger partial charge in [-0.05, 0) is 70.7 Å². The highest BCUT2D eigenvalue weighted by molar-refractivity contribution is 6.09. The van der Waals surface area contributed by atoms with E-state index >= 15 is 0 Å². The Labute approximate surface area is 174 Å². The third-order valence-corrected chi connectivity index (χ3v) is 5.53. The van der Waals surface area contributed by atoms with Gasteiger partial charge in [0.05, 0.1) is 0 Å². The lowest BCUT2D eigenvalue weighted by Gasteiger charge is -2.36. The van der Waals surface area contributed by atoms with E-state index in [2.05, 4.69) is 10.6 Å². The molecule has 0 radical (unpaired) electrons. The van der Waals surface area contributed by atoms with Gasteiger partial charge in [0.25, 0.3) is 5.91 Å². The van der Waals surface area contributed by atoms with E-state index in [1.807, 2.05) is 0 Å². The normalized spacial score (nSPS) is 21.4. The summed E-state index contributed by atoms with van der Waals surface area (Å²) >= 11 is 0. The number of nitrogens with zero attached hydrogens (tertiary/aromatic N) is 2. The number of imide groups is 1. The molecule has 162 valence electrons. The van der Waals surface area contributed by atoms with Crippen LogP contribution in [0.1, 0.15) is 40.5 Å². The molecule has 9 heteroatoms. The Morgan fingerprint density at radius 3 is 2.37 bits per heavy atom. The highest BCUT2D eigenvalue weighted by atomic mass is 19.1. The van der Waals surface area contributed by atoms with Gasteiger partial charge in [0, 0.05) is 11.2 Å². The maximum atomic E-state index is 13.0. The van der Waals surface area contributed by atoms with Gasteiger partial charge in [-0.15, -0.1) is 0 Å². The molecule has 1 saturated carbocycles. The van der Waals surface area contributed by atoms with Crippen molar-refractivity contribution in [2.45, 2.75) is 51.6 Å². The molecule has 8 nitrogen and oxygen atoms in total. The van der Waals surface area contributed by atoms with Crippen molar-refractivity contribution in [2.24, 2.45) is 5.92 Å². The topological polar surface area (TPSA) is 98.8 Å². The molecule has 1 heterocycles. The second kappa shape index (κ2) is 7.70. The van der Waals surface area contributed by atoms with Gasteiger partial charge in [0.15, 0.2) is 0 Å². The molecule has 3 rings (SSSR count). The average Bonchev–Trinajstić information content (AvgIpc) is 3.47. The van der Waals surface area contributed by atoms with Gasteiger partial charge in [0.2, 0.25) is 11.8 Å². The first-order valence-corrected chi connectivity index (χ1v) is 9.92. The predicted molar refractivity (Wildman–Crippen MR) is 108 cm³/mol. The molecule has 0 bridgehead atoms. The van der Waals surface area contributed by atoms with E-state index in [9.17, 15) is 23.6 Å². The Balaban J connectivity index is 1.68. The third kappa shape index (κ3) is 4.44. The molecule has 2 N–H and O–H groups in total. The van der Waals surface area contributed by atoms with Crippen LogP contribution in [0.15, 0.2) is 24.3 Å². The largest absolute Gasteiger partial charge is 0.327 e. The van der Waals surface area contributed by atoms with Gasteiger partial charge in [-0.3, -0.25) is 19.3 Å². The molecule has 1 aliphatic heterocycles. The molecular weight excluding hydrogens is 391 g/mol. The summed E-state index contributed by atoms with van der Waals surface area (Å²) in [6.07, 6.45) is 1.73. The van der Waals surface area contributed by atoms with E-state index in [0.717, 1.165) is 17.7 Å². The van der Waals surface area contributed by atoms with Crippen molar-refractivity contribution in [3.63, 3.8) is 0 Å². The van der Waals surface area contributed by atoms with Crippen molar-refractivity contribution in [2.75, 3.05) is 18.4 Å². The van der Waals surface area contributed by atoms with Crippen molar-refractivity contribution in [1.82, 2.24) is 15.1 Å². The third-order valence-electron chi connectivity index (χ3n) is 5.53. The SMILES string of the molecule is CC(C)(C)N(CC(=O)Nc1ccc(F)cc1)C(=O)CN1C(=O)N[C@](C)(C2CC2)C1=O. The summed E-state index contributed by atoms with van der Waals surface area (Å²) in [5, 5.41) is 5.32. The molecule has 2 fully saturated rings. The van der Waals surface area contributed by atoms with E-state index in [-0.39, 0.29) is 12.5 Å². The number of urea groups is 1. The quantitative estimate of drug-likeness (QED) is 0.692. The number of nitrogens with one attached hydrogen (secondary N) is 2. The molecule has 0 spiro atoms. The molecule has 30 heavy (non-hydrogen) atoms. The van der Waals surface area contributed by atoms with E-state index in [1.54, 1.807) is 27.7 Å². The van der Waals surface area contributed by atoms with Crippen LogP contribution in [0.25, 0.3) is 0 Å². The van der Waals surface area contributed by atoms with Gasteiger partial charge >= 0.3 is 6.03 Å². The Kier molecular flexibility index (Phi) is 5.58. The van der Waals surface area contributed by atoms with Crippen LogP contribution in [-0.2, 0) is 14.4 Å². The summed E-state index contributed by atoms with van der Waals surface area (Å²) < 4.78 is 13.0. The molecule has 1 aromatic rings. The standard InChI is InChI=1S/C21H27FN4O4/c1-20(2,3)26(11-16(27)23-15-9-7-14(22)8-10-15)17(28)12-25-18(29)21(4,13-5-6-13)24-19(25)30/h7-10,13H,5-6,11-12H2,1-4H3,(H,23,27)(H,24,30)/t21-/m1/s1. The smallest absolute Gasteiger partial charge is 0.325 e. The molecule has 2 aliphatic rings. The first-order chi connectivity index (χ1) is 13.9. The first-order valence-electron chi connectivity index (χ1n) is 9.92. The van der Waals surface area contributed by atoms with Crippen LogP contribution >= 0.6 is 0 Å². The monoisotopic (exact) mass is 418 g/mol. The van der Waals surface area contributed by atoms with Crippen LogP contribution in [0.2, 0.25) is 0 Å². The van der Waals surface area contributed by atoms with Crippen molar-refractivity contribution in [3.8, 4) is 0 Å². The average molecular weight is 418 g/mol. The van der Waals surface area contributed by atoms with Crippen molar-refractivity contribution in [3.05, 3.63) is 30.1 Å². The molecular formula is C21H27FN4O4. The molecule has 1 saturated heterocycles. The summed E-state index contributed by atoms with van der Waals surface area (Å²) in [6.45, 7) is 6.26. The van der Waals surface area contributed by atoms with Crippen LogP contribution in [0, 0.1) is 11.7 Å². The van der Waals surface area contributed by atoms with E-state index < -0.39 is 47.2 Å². The second-order valence-electron chi connectivity index (χ2n) is 9.00. The minimum atomic E-state index is -0.968. The maximum Gasteiger partial charge on any atom is 0.325 e. The summed E-state index contributed by atoms with van der Waals surface area (Å²) in [4.78, 5) is 52.8. The molecule has 5 amide bonds. The van der Waals surface area contributed by atoms with Crippen molar-refractivity contribution in [1.29, 1.82) is 0 Å². The fourth-order valence-corrected chi connectivity index (χ4v) is 3.59. The summed E-state index contributed by atoms with van der Waals surface area (Å²) in [7, 11) is 0. The Bertz CT molecular complexity index is 876. The number of carbonyl (C=O) groups excluding carboxylic acids is 4. The Morgan fingerprint density at radius 1 is 1.23 bits per heavy atom. The van der Waals surface area contributed by atoms with Crippen LogP contribution in [-0.4, -0.2) is 57.7 Å². The number of amides is 5. The number of benzene rings is 1. The van der Waals surface area contributed by atoms with Crippen LogP contribution in [0.4, 0.5) is 14.9 Å². The number of anilines is 1. The number of carbonyl (C=O) groups is 4. The highest BCUT2D eigenvalue weighted by Crippen LogP contribution is 2.42. The molecule has 0 aromatic heterocycles. The van der Waals surface area contributed by atoms with Crippen molar-refractivity contribution < 1.29 is 23.6 Å². The van der Waals surface area contributed by atoms with E-state index in [0.29, 0.717) is 5.69 Å². The van der Waals surface area contributed by atoms with Crippen LogP contribution in [0.5, 0.6) is 0 Å². The molecule has 1 aromatic carbocycles. The minimum absolute atomic E-state index is 0.0919. The zero-order valence-electron chi connectivity index (χ0n) is 17.6. The van der Waals surface area contributed by atoms with Crippen LogP contribution in [0.3, 0.4) is 0 Å². The lowest BCUT2D eigenvalue weighted by Crippen LogP contribution is -2.53. The lowest BCUT2D eigenvalue weighted by molar-refractivity contribution is -0.143. The lowest BCUT2D eigenvalue weighted by atomic mass is 9.96. The first kappa shape index (κ1) is 21.7. The van der Waals surface area contributed by atoms with Gasteiger partial charge in [-0.1, -0.05) is 0 Å². The number of hydrogen-bond donors (Lipinski definition) is 2. The second-order valence-corrected chi connectivity index (χ2v) is 9.00. The molecule has 1 atom stereocenters. The van der Waals surface area contributed by atoms with Gasteiger partial charge < -0.3 is 15.5 Å². The number of hydrogen-bond acceptors (Lipinski definition) is 4. The zero-order chi connectivity index (χ0) is 22.3. The van der Waals surface area contributed by atoms with E-state index in [4.69, 9.17) is 0 Å². The molecule has 0 unspecified atom stereocenters. The van der Waals surface area contributed by atoms with Crippen LogP contribution < -0.4 is 10.6 Å². The Hall–Kier alpha value is -2.97.